The quantitative estimate of drug-likeness (QED) is 0.154. The smallest absolute Gasteiger partial charge is 0.0725 e. The number of hydrogen-bond donors (Lipinski definition) is 0. The fourth-order valence-electron chi connectivity index (χ4n) is 12.8. The van der Waals surface area contributed by atoms with E-state index in [1.54, 1.807) is 0 Å². The lowest BCUT2D eigenvalue weighted by atomic mass is 9.70. The number of benzene rings is 11. The van der Waals surface area contributed by atoms with Gasteiger partial charge in [-0.3, -0.25) is 0 Å². The van der Waals surface area contributed by atoms with Crippen molar-refractivity contribution < 1.29 is 0 Å². The molecule has 334 valence electrons. The van der Waals surface area contributed by atoms with Crippen molar-refractivity contribution >= 4 is 33.9 Å². The maximum atomic E-state index is 4.19. The largest absolute Gasteiger partial charge is 0.310 e. The molecule has 0 bridgehead atoms. The summed E-state index contributed by atoms with van der Waals surface area (Å²) in [6, 6.07) is 90.8. The second-order valence-electron chi connectivity index (χ2n) is 20.0. The summed E-state index contributed by atoms with van der Waals surface area (Å²) in [6.45, 7) is 8.93. The van der Waals surface area contributed by atoms with E-state index >= 15 is 0 Å². The van der Waals surface area contributed by atoms with Crippen LogP contribution < -0.4 is 4.90 Å². The Morgan fingerprint density at radius 2 is 0.775 bits per heavy atom. The first-order chi connectivity index (χ1) is 34.9. The van der Waals surface area contributed by atoms with Gasteiger partial charge in [-0.1, -0.05) is 227 Å². The summed E-state index contributed by atoms with van der Waals surface area (Å²) < 4.78 is 0. The molecular weight excluding hydrogens is 855 g/mol. The van der Waals surface area contributed by atoms with Crippen molar-refractivity contribution in [3.8, 4) is 66.8 Å². The third kappa shape index (κ3) is 5.93. The number of rotatable bonds is 7. The molecular formula is C70H49N. The van der Waals surface area contributed by atoms with Crippen LogP contribution in [0.3, 0.4) is 0 Å². The molecule has 3 aliphatic carbocycles. The summed E-state index contributed by atoms with van der Waals surface area (Å²) >= 11 is 0. The normalized spacial score (nSPS) is 15.1. The van der Waals surface area contributed by atoms with Gasteiger partial charge in [-0.25, -0.2) is 0 Å². The SMILES string of the molecule is C=Cc1ccccc1-c1ccc2c(c1)C1(c3ccccc3-2)c2ccccc2-c2ccc(-c3ccc(N(c4ccc(-c5ccccc5)cc4)c4ccc5c(c4)C(C)(C)c4ccccc4-5)c4ccccc34)cc21. The average Bonchev–Trinajstić information content (AvgIpc) is 3.99. The molecule has 14 rings (SSSR count). The minimum absolute atomic E-state index is 0.140. The van der Waals surface area contributed by atoms with E-state index < -0.39 is 5.41 Å². The summed E-state index contributed by atoms with van der Waals surface area (Å²) in [4.78, 5) is 2.48. The standard InChI is InChI=1S/C70H49N/c1-4-45-18-8-9-21-52(45)48-32-37-59-56-24-13-16-28-63(56)70(66(59)42-48)64-29-17-14-25-57(64)60-38-33-49(43-67(60)70)53-40-41-68(61-26-11-10-22-54(53)61)71(50-34-30-47(31-35-50)46-19-6-5-7-20-46)51-36-39-58-55-23-12-15-27-62(55)69(2,3)65(58)44-51/h4-44H,1H2,2-3H3. The van der Waals surface area contributed by atoms with Gasteiger partial charge in [0.1, 0.15) is 0 Å². The Bertz CT molecular complexity index is 3970. The molecule has 0 fully saturated rings. The van der Waals surface area contributed by atoms with Crippen molar-refractivity contribution in [3.63, 3.8) is 0 Å². The summed E-state index contributed by atoms with van der Waals surface area (Å²) in [5, 5.41) is 2.41. The van der Waals surface area contributed by atoms with Gasteiger partial charge < -0.3 is 4.90 Å². The molecule has 0 heterocycles. The molecule has 0 aliphatic heterocycles. The van der Waals surface area contributed by atoms with Crippen molar-refractivity contribution in [2.75, 3.05) is 4.90 Å². The Kier molecular flexibility index (Phi) is 9.07. The maximum Gasteiger partial charge on any atom is 0.0725 e. The highest BCUT2D eigenvalue weighted by Crippen LogP contribution is 2.64. The van der Waals surface area contributed by atoms with Crippen LogP contribution in [0.4, 0.5) is 17.1 Å². The first kappa shape index (κ1) is 41.2. The van der Waals surface area contributed by atoms with Crippen LogP contribution in [-0.4, -0.2) is 0 Å². The monoisotopic (exact) mass is 903 g/mol. The van der Waals surface area contributed by atoms with Crippen molar-refractivity contribution in [3.05, 3.63) is 288 Å². The molecule has 0 aromatic heterocycles. The van der Waals surface area contributed by atoms with Crippen LogP contribution in [0.15, 0.2) is 249 Å². The Balaban J connectivity index is 0.962. The molecule has 0 saturated heterocycles. The van der Waals surface area contributed by atoms with Crippen LogP contribution in [0.25, 0.3) is 83.6 Å². The number of fused-ring (bicyclic) bond motifs is 14. The lowest BCUT2D eigenvalue weighted by Gasteiger charge is -2.31. The number of anilines is 3. The van der Waals surface area contributed by atoms with Crippen LogP contribution in [-0.2, 0) is 10.8 Å². The molecule has 71 heavy (non-hydrogen) atoms. The van der Waals surface area contributed by atoms with Crippen LogP contribution in [0, 0.1) is 0 Å². The molecule has 11 aromatic carbocycles. The molecule has 3 aliphatic rings. The highest BCUT2D eigenvalue weighted by molar-refractivity contribution is 6.07. The van der Waals surface area contributed by atoms with Gasteiger partial charge in [0.2, 0.25) is 0 Å². The molecule has 0 N–H and O–H groups in total. The van der Waals surface area contributed by atoms with Crippen LogP contribution in [0.1, 0.15) is 52.8 Å². The van der Waals surface area contributed by atoms with Crippen molar-refractivity contribution in [1.82, 2.24) is 0 Å². The molecule has 0 amide bonds. The van der Waals surface area contributed by atoms with E-state index in [0.717, 1.165) is 22.6 Å². The summed E-state index contributed by atoms with van der Waals surface area (Å²) in [5.41, 5.74) is 27.0. The average molecular weight is 904 g/mol. The highest BCUT2D eigenvalue weighted by Gasteiger charge is 2.52. The van der Waals surface area contributed by atoms with Crippen molar-refractivity contribution in [2.45, 2.75) is 24.7 Å². The zero-order chi connectivity index (χ0) is 47.4. The van der Waals surface area contributed by atoms with Crippen molar-refractivity contribution in [1.29, 1.82) is 0 Å². The van der Waals surface area contributed by atoms with Gasteiger partial charge in [-0.15, -0.1) is 0 Å². The maximum absolute atomic E-state index is 4.19. The van der Waals surface area contributed by atoms with E-state index in [1.807, 2.05) is 6.08 Å². The first-order valence-electron chi connectivity index (χ1n) is 24.9. The van der Waals surface area contributed by atoms with Gasteiger partial charge >= 0.3 is 0 Å². The number of nitrogens with zero attached hydrogens (tertiary/aromatic N) is 1. The minimum Gasteiger partial charge on any atom is -0.310 e. The molecule has 0 saturated carbocycles. The van der Waals surface area contributed by atoms with Crippen LogP contribution in [0.2, 0.25) is 0 Å². The highest BCUT2D eigenvalue weighted by atomic mass is 15.1. The Hall–Kier alpha value is -8.78. The molecule has 1 spiro atoms. The molecule has 1 atom stereocenters. The van der Waals surface area contributed by atoms with E-state index in [9.17, 15) is 0 Å². The van der Waals surface area contributed by atoms with Crippen LogP contribution >= 0.6 is 0 Å². The minimum atomic E-state index is -0.507. The predicted molar refractivity (Wildman–Crippen MR) is 299 cm³/mol. The van der Waals surface area contributed by atoms with Gasteiger partial charge in [0.25, 0.3) is 0 Å². The summed E-state index contributed by atoms with van der Waals surface area (Å²) in [6.07, 6.45) is 1.97. The van der Waals surface area contributed by atoms with E-state index in [4.69, 9.17) is 0 Å². The zero-order valence-corrected chi connectivity index (χ0v) is 39.8. The van der Waals surface area contributed by atoms with E-state index in [0.29, 0.717) is 0 Å². The summed E-state index contributed by atoms with van der Waals surface area (Å²) in [5.74, 6) is 0. The molecule has 11 aromatic rings. The second-order valence-corrected chi connectivity index (χ2v) is 20.0. The predicted octanol–water partition coefficient (Wildman–Crippen LogP) is 18.6. The Morgan fingerprint density at radius 3 is 1.44 bits per heavy atom. The van der Waals surface area contributed by atoms with E-state index in [-0.39, 0.29) is 5.41 Å². The third-order valence-corrected chi connectivity index (χ3v) is 16.1. The van der Waals surface area contributed by atoms with Gasteiger partial charge in [0.05, 0.1) is 11.1 Å². The van der Waals surface area contributed by atoms with Gasteiger partial charge in [-0.05, 0) is 154 Å². The molecule has 0 radical (unpaired) electrons. The lowest BCUT2D eigenvalue weighted by molar-refractivity contribution is 0.660. The van der Waals surface area contributed by atoms with Gasteiger partial charge in [0, 0.05) is 22.2 Å². The zero-order valence-electron chi connectivity index (χ0n) is 39.8. The molecule has 1 unspecified atom stereocenters. The Labute approximate surface area is 416 Å². The fraction of sp³-hybridized carbons (Fsp3) is 0.0571. The summed E-state index contributed by atoms with van der Waals surface area (Å²) in [7, 11) is 0. The van der Waals surface area contributed by atoms with Crippen LogP contribution in [0.5, 0.6) is 0 Å². The molecule has 1 heteroatoms. The lowest BCUT2D eigenvalue weighted by Crippen LogP contribution is -2.26. The van der Waals surface area contributed by atoms with Gasteiger partial charge in [-0.2, -0.15) is 0 Å². The topological polar surface area (TPSA) is 3.24 Å². The molecule has 1 nitrogen and oxygen atoms in total. The third-order valence-electron chi connectivity index (χ3n) is 16.1. The first-order valence-corrected chi connectivity index (χ1v) is 24.9. The Morgan fingerprint density at radius 1 is 0.324 bits per heavy atom. The van der Waals surface area contributed by atoms with Crippen molar-refractivity contribution in [2.24, 2.45) is 0 Å². The fourth-order valence-corrected chi connectivity index (χ4v) is 12.8. The second kappa shape index (κ2) is 15.6. The number of hydrogen-bond acceptors (Lipinski definition) is 1. The van der Waals surface area contributed by atoms with E-state index in [1.165, 1.54) is 111 Å². The van der Waals surface area contributed by atoms with E-state index in [2.05, 4.69) is 268 Å². The van der Waals surface area contributed by atoms with Gasteiger partial charge in [0.15, 0.2) is 0 Å².